The monoisotopic (exact) mass is 540 g/mol. The molecule has 1 saturated carbocycles. The molecule has 1 fully saturated rings. The number of carbonyl (C=O) groups is 2. The molecule has 2 aromatic heterocycles. The van der Waals surface area contributed by atoms with Crippen molar-refractivity contribution in [3.8, 4) is 0 Å². The van der Waals surface area contributed by atoms with Crippen molar-refractivity contribution in [3.63, 3.8) is 0 Å². The van der Waals surface area contributed by atoms with Crippen molar-refractivity contribution in [3.05, 3.63) is 96.1 Å². The fraction of sp³-hybridized carbons (Fsp3) is 0.375. The SMILES string of the molecule is CCn1cc[n+](C)c1C(=O)Nc1ccc(C2(c3ccc(NC(=O)c4n(CC)cc[n+]4C)cc3)CCCCC2)cc1. The second-order valence-corrected chi connectivity index (χ2v) is 10.7. The molecular formula is C32H40N6O2+2. The molecule has 5 rings (SSSR count). The van der Waals surface area contributed by atoms with Gasteiger partial charge in [0.15, 0.2) is 0 Å². The van der Waals surface area contributed by atoms with Crippen molar-refractivity contribution in [1.82, 2.24) is 9.13 Å². The number of rotatable bonds is 8. The van der Waals surface area contributed by atoms with Crippen LogP contribution < -0.4 is 19.8 Å². The van der Waals surface area contributed by atoms with Crippen LogP contribution in [0.25, 0.3) is 0 Å². The normalized spacial score (nSPS) is 14.6. The van der Waals surface area contributed by atoms with E-state index in [1.165, 1.54) is 30.4 Å². The minimum Gasteiger partial charge on any atom is -0.315 e. The highest BCUT2D eigenvalue weighted by Gasteiger charge is 2.36. The summed E-state index contributed by atoms with van der Waals surface area (Å²) in [6, 6.07) is 16.7. The van der Waals surface area contributed by atoms with Crippen LogP contribution in [0, 0.1) is 0 Å². The number of nitrogens with zero attached hydrogens (tertiary/aromatic N) is 4. The Balaban J connectivity index is 1.36. The van der Waals surface area contributed by atoms with Crippen LogP contribution in [0.15, 0.2) is 73.3 Å². The van der Waals surface area contributed by atoms with Gasteiger partial charge in [0.05, 0.1) is 27.2 Å². The Morgan fingerprint density at radius 3 is 1.48 bits per heavy atom. The first-order chi connectivity index (χ1) is 19.4. The number of hydrogen-bond donors (Lipinski definition) is 2. The Morgan fingerprint density at radius 2 is 1.10 bits per heavy atom. The van der Waals surface area contributed by atoms with Gasteiger partial charge in [-0.15, -0.1) is 0 Å². The van der Waals surface area contributed by atoms with Gasteiger partial charge in [-0.25, -0.2) is 18.3 Å². The predicted molar refractivity (Wildman–Crippen MR) is 155 cm³/mol. The molecule has 8 heteroatoms. The van der Waals surface area contributed by atoms with Crippen LogP contribution in [-0.2, 0) is 32.6 Å². The van der Waals surface area contributed by atoms with E-state index in [9.17, 15) is 9.59 Å². The van der Waals surface area contributed by atoms with Gasteiger partial charge >= 0.3 is 23.5 Å². The Bertz CT molecular complexity index is 1380. The van der Waals surface area contributed by atoms with Crippen molar-refractivity contribution in [2.45, 2.75) is 64.5 Å². The zero-order chi connectivity index (χ0) is 28.3. The van der Waals surface area contributed by atoms with Gasteiger partial charge in [0.1, 0.15) is 24.8 Å². The summed E-state index contributed by atoms with van der Waals surface area (Å²) >= 11 is 0. The van der Waals surface area contributed by atoms with E-state index in [0.717, 1.165) is 37.3 Å². The largest absolute Gasteiger partial charge is 0.348 e. The van der Waals surface area contributed by atoms with E-state index in [1.54, 1.807) is 0 Å². The number of anilines is 2. The lowest BCUT2D eigenvalue weighted by molar-refractivity contribution is -0.672. The molecule has 1 aliphatic rings. The molecule has 0 atom stereocenters. The molecule has 2 N–H and O–H groups in total. The Kier molecular flexibility index (Phi) is 7.87. The highest BCUT2D eigenvalue weighted by Crippen LogP contribution is 2.45. The Hall–Kier alpha value is -4.20. The van der Waals surface area contributed by atoms with Crippen molar-refractivity contribution in [2.75, 3.05) is 10.6 Å². The number of benzene rings is 2. The average Bonchev–Trinajstić information content (AvgIpc) is 3.55. The molecule has 0 saturated heterocycles. The first kappa shape index (κ1) is 27.4. The fourth-order valence-corrected chi connectivity index (χ4v) is 6.16. The standard InChI is InChI=1S/C32H38N6O2/c1-5-37-22-20-35(3)30(37)28(39)33-26-14-10-24(11-15-26)32(18-8-7-9-19-32)25-12-16-27(17-13-25)34-29(40)31-36(4)21-23-38(31)6-2/h10-17,20-23H,5-9,18-19H2,1-4H3/p+2. The highest BCUT2D eigenvalue weighted by atomic mass is 16.2. The van der Waals surface area contributed by atoms with E-state index in [4.69, 9.17) is 0 Å². The molecule has 0 aliphatic heterocycles. The molecule has 0 spiro atoms. The molecule has 8 nitrogen and oxygen atoms in total. The zero-order valence-electron chi connectivity index (χ0n) is 24.0. The van der Waals surface area contributed by atoms with E-state index in [2.05, 4.69) is 34.9 Å². The third kappa shape index (κ3) is 5.18. The van der Waals surface area contributed by atoms with Crippen molar-refractivity contribution >= 4 is 23.2 Å². The number of carbonyl (C=O) groups excluding carboxylic acids is 2. The van der Waals surface area contributed by atoms with Gasteiger partial charge in [-0.3, -0.25) is 9.59 Å². The van der Waals surface area contributed by atoms with Crippen molar-refractivity contribution in [2.24, 2.45) is 14.1 Å². The molecule has 0 bridgehead atoms. The summed E-state index contributed by atoms with van der Waals surface area (Å²) in [6.07, 6.45) is 13.4. The van der Waals surface area contributed by atoms with Gasteiger partial charge in [-0.05, 0) is 62.1 Å². The number of amides is 2. The quantitative estimate of drug-likeness (QED) is 0.317. The number of hydrogen-bond acceptors (Lipinski definition) is 2. The molecule has 208 valence electrons. The van der Waals surface area contributed by atoms with Gasteiger partial charge in [0.2, 0.25) is 0 Å². The van der Waals surface area contributed by atoms with Gasteiger partial charge in [0, 0.05) is 16.8 Å². The first-order valence-electron chi connectivity index (χ1n) is 14.3. The predicted octanol–water partition coefficient (Wildman–Crippen LogP) is 4.73. The summed E-state index contributed by atoms with van der Waals surface area (Å²) in [5.74, 6) is 1.01. The van der Waals surface area contributed by atoms with Crippen LogP contribution in [0.4, 0.5) is 11.4 Å². The summed E-state index contributed by atoms with van der Waals surface area (Å²) in [5, 5.41) is 6.13. The molecule has 2 heterocycles. The second kappa shape index (κ2) is 11.5. The number of aryl methyl sites for hydroxylation is 4. The maximum atomic E-state index is 13.0. The van der Waals surface area contributed by atoms with Crippen LogP contribution >= 0.6 is 0 Å². The van der Waals surface area contributed by atoms with Gasteiger partial charge in [-0.1, -0.05) is 43.5 Å². The average molecular weight is 541 g/mol. The minimum absolute atomic E-state index is 0.0873. The van der Waals surface area contributed by atoms with Gasteiger partial charge < -0.3 is 10.6 Å². The Morgan fingerprint density at radius 1 is 0.700 bits per heavy atom. The third-order valence-electron chi connectivity index (χ3n) is 8.34. The van der Waals surface area contributed by atoms with Crippen molar-refractivity contribution in [1.29, 1.82) is 0 Å². The Labute approximate surface area is 236 Å². The molecule has 2 aromatic carbocycles. The molecule has 40 heavy (non-hydrogen) atoms. The lowest BCUT2D eigenvalue weighted by Gasteiger charge is -2.39. The molecular weight excluding hydrogens is 500 g/mol. The second-order valence-electron chi connectivity index (χ2n) is 10.7. The summed E-state index contributed by atoms with van der Waals surface area (Å²) in [4.78, 5) is 26.0. The van der Waals surface area contributed by atoms with Crippen LogP contribution in [0.3, 0.4) is 0 Å². The van der Waals surface area contributed by atoms with Crippen LogP contribution in [0.2, 0.25) is 0 Å². The lowest BCUT2D eigenvalue weighted by Crippen LogP contribution is -2.37. The van der Waals surface area contributed by atoms with Gasteiger partial charge in [-0.2, -0.15) is 0 Å². The fourth-order valence-electron chi connectivity index (χ4n) is 6.16. The van der Waals surface area contributed by atoms with Gasteiger partial charge in [0.25, 0.3) is 0 Å². The zero-order valence-corrected chi connectivity index (χ0v) is 24.0. The summed E-state index contributed by atoms with van der Waals surface area (Å²) < 4.78 is 7.57. The first-order valence-corrected chi connectivity index (χ1v) is 14.3. The number of aromatic nitrogens is 4. The maximum Gasteiger partial charge on any atom is 0.348 e. The van der Waals surface area contributed by atoms with E-state index >= 15 is 0 Å². The molecule has 0 unspecified atom stereocenters. The van der Waals surface area contributed by atoms with Crippen molar-refractivity contribution < 1.29 is 18.7 Å². The van der Waals surface area contributed by atoms with E-state index in [-0.39, 0.29) is 17.2 Å². The molecule has 1 aliphatic carbocycles. The highest BCUT2D eigenvalue weighted by molar-refractivity contribution is 6.01. The molecule has 2 amide bonds. The van der Waals surface area contributed by atoms with Crippen LogP contribution in [0.1, 0.15) is 78.3 Å². The topological polar surface area (TPSA) is 75.8 Å². The summed E-state index contributed by atoms with van der Waals surface area (Å²) in [6.45, 7) is 5.52. The maximum absolute atomic E-state index is 13.0. The molecule has 0 radical (unpaired) electrons. The minimum atomic E-state index is -0.119. The number of nitrogens with one attached hydrogen (secondary N) is 2. The number of imidazole rings is 2. The summed E-state index contributed by atoms with van der Waals surface area (Å²) in [5.41, 5.74) is 4.00. The van der Waals surface area contributed by atoms with Crippen LogP contribution in [-0.4, -0.2) is 20.9 Å². The smallest absolute Gasteiger partial charge is 0.315 e. The third-order valence-corrected chi connectivity index (χ3v) is 8.34. The van der Waals surface area contributed by atoms with E-state index in [0.29, 0.717) is 11.6 Å². The lowest BCUT2D eigenvalue weighted by atomic mass is 9.65. The van der Waals surface area contributed by atoms with E-state index < -0.39 is 0 Å². The van der Waals surface area contributed by atoms with Crippen LogP contribution in [0.5, 0.6) is 0 Å². The molecule has 4 aromatic rings. The van der Waals surface area contributed by atoms with E-state index in [1.807, 2.05) is 95.3 Å². The summed E-state index contributed by atoms with van der Waals surface area (Å²) in [7, 11) is 3.77.